The van der Waals surface area contributed by atoms with E-state index in [1.165, 1.54) is 18.9 Å². The molecule has 0 saturated heterocycles. The molecule has 2 heterocycles. The van der Waals surface area contributed by atoms with Gasteiger partial charge in [0.25, 0.3) is 0 Å². The minimum Gasteiger partial charge on any atom is -0.467 e. The standard InChI is InChI=1S/C17H17N3O3/c1-11(21)18-14-6-3-5-13(9-14)15-10-16(17-7-4-8-23-17)20(19-15)12(2)22/h3-9,16H,10H2,1-2H3,(H,18,21)/t16-/m1/s1. The van der Waals surface area contributed by atoms with E-state index in [-0.39, 0.29) is 17.9 Å². The van der Waals surface area contributed by atoms with Gasteiger partial charge in [0.1, 0.15) is 11.8 Å². The minimum atomic E-state index is -0.234. The molecule has 6 nitrogen and oxygen atoms in total. The zero-order chi connectivity index (χ0) is 16.4. The van der Waals surface area contributed by atoms with Crippen LogP contribution >= 0.6 is 0 Å². The highest BCUT2D eigenvalue weighted by Crippen LogP contribution is 2.33. The Hall–Kier alpha value is -2.89. The summed E-state index contributed by atoms with van der Waals surface area (Å²) in [6.45, 7) is 2.94. The Bertz CT molecular complexity index is 765. The number of rotatable bonds is 3. The van der Waals surface area contributed by atoms with E-state index in [1.54, 1.807) is 12.3 Å². The second-order valence-corrected chi connectivity index (χ2v) is 5.41. The molecule has 0 unspecified atom stereocenters. The largest absolute Gasteiger partial charge is 0.467 e. The smallest absolute Gasteiger partial charge is 0.240 e. The van der Waals surface area contributed by atoms with Crippen LogP contribution in [0.5, 0.6) is 0 Å². The van der Waals surface area contributed by atoms with Crippen LogP contribution in [0.1, 0.15) is 37.6 Å². The van der Waals surface area contributed by atoms with Gasteiger partial charge in [-0.25, -0.2) is 5.01 Å². The molecule has 3 rings (SSSR count). The Labute approximate surface area is 133 Å². The molecular weight excluding hydrogens is 294 g/mol. The summed E-state index contributed by atoms with van der Waals surface area (Å²) in [5.41, 5.74) is 2.36. The van der Waals surface area contributed by atoms with Crippen molar-refractivity contribution < 1.29 is 14.0 Å². The molecule has 1 aromatic carbocycles. The van der Waals surface area contributed by atoms with Gasteiger partial charge in [-0.2, -0.15) is 5.10 Å². The van der Waals surface area contributed by atoms with Crippen LogP contribution in [0, 0.1) is 0 Å². The number of benzene rings is 1. The Balaban J connectivity index is 1.90. The van der Waals surface area contributed by atoms with Crippen LogP contribution in [-0.4, -0.2) is 22.5 Å². The van der Waals surface area contributed by atoms with E-state index in [0.29, 0.717) is 17.9 Å². The number of carbonyl (C=O) groups is 2. The van der Waals surface area contributed by atoms with Gasteiger partial charge in [0.15, 0.2) is 0 Å². The third-order valence-electron chi connectivity index (χ3n) is 3.62. The van der Waals surface area contributed by atoms with Gasteiger partial charge in [-0.05, 0) is 29.8 Å². The van der Waals surface area contributed by atoms with Crippen molar-refractivity contribution in [3.63, 3.8) is 0 Å². The van der Waals surface area contributed by atoms with Gasteiger partial charge in [0.2, 0.25) is 11.8 Å². The highest BCUT2D eigenvalue weighted by molar-refractivity contribution is 6.04. The summed E-state index contributed by atoms with van der Waals surface area (Å²) in [7, 11) is 0. The van der Waals surface area contributed by atoms with E-state index in [1.807, 2.05) is 30.3 Å². The number of anilines is 1. The van der Waals surface area contributed by atoms with E-state index in [2.05, 4.69) is 10.4 Å². The molecule has 1 aromatic heterocycles. The molecule has 23 heavy (non-hydrogen) atoms. The number of hydrazone groups is 1. The first-order valence-corrected chi connectivity index (χ1v) is 7.33. The second kappa shape index (κ2) is 6.08. The van der Waals surface area contributed by atoms with Crippen LogP contribution in [0.3, 0.4) is 0 Å². The maximum Gasteiger partial charge on any atom is 0.240 e. The van der Waals surface area contributed by atoms with E-state index in [0.717, 1.165) is 11.3 Å². The van der Waals surface area contributed by atoms with Crippen molar-refractivity contribution in [3.05, 3.63) is 54.0 Å². The summed E-state index contributed by atoms with van der Waals surface area (Å²) in [6.07, 6.45) is 2.15. The van der Waals surface area contributed by atoms with E-state index < -0.39 is 0 Å². The first-order chi connectivity index (χ1) is 11.0. The third-order valence-corrected chi connectivity index (χ3v) is 3.62. The van der Waals surface area contributed by atoms with Gasteiger partial charge in [-0.15, -0.1) is 0 Å². The fourth-order valence-electron chi connectivity index (χ4n) is 2.66. The van der Waals surface area contributed by atoms with Crippen molar-refractivity contribution in [1.29, 1.82) is 0 Å². The van der Waals surface area contributed by atoms with E-state index in [4.69, 9.17) is 4.42 Å². The van der Waals surface area contributed by atoms with Crippen molar-refractivity contribution in [2.45, 2.75) is 26.3 Å². The van der Waals surface area contributed by atoms with Gasteiger partial charge < -0.3 is 9.73 Å². The quantitative estimate of drug-likeness (QED) is 0.947. The Morgan fingerprint density at radius 1 is 1.26 bits per heavy atom. The second-order valence-electron chi connectivity index (χ2n) is 5.41. The normalized spacial score (nSPS) is 17.0. The number of carbonyl (C=O) groups excluding carboxylic acids is 2. The average molecular weight is 311 g/mol. The summed E-state index contributed by atoms with van der Waals surface area (Å²) in [4.78, 5) is 23.0. The first kappa shape index (κ1) is 15.0. The van der Waals surface area contributed by atoms with Crippen molar-refractivity contribution in [2.24, 2.45) is 5.10 Å². The van der Waals surface area contributed by atoms with Crippen molar-refractivity contribution in [1.82, 2.24) is 5.01 Å². The Kier molecular flexibility index (Phi) is 3.97. The number of furan rings is 1. The Morgan fingerprint density at radius 2 is 2.09 bits per heavy atom. The summed E-state index contributed by atoms with van der Waals surface area (Å²) < 4.78 is 5.43. The highest BCUT2D eigenvalue weighted by atomic mass is 16.3. The zero-order valence-corrected chi connectivity index (χ0v) is 12.9. The lowest BCUT2D eigenvalue weighted by Crippen LogP contribution is -2.23. The SMILES string of the molecule is CC(=O)Nc1cccc(C2=NN(C(C)=O)[C@@H](c3ccco3)C2)c1. The van der Waals surface area contributed by atoms with Crippen LogP contribution in [0.25, 0.3) is 0 Å². The topological polar surface area (TPSA) is 74.9 Å². The van der Waals surface area contributed by atoms with Gasteiger partial charge in [0, 0.05) is 26.0 Å². The minimum absolute atomic E-state index is 0.130. The summed E-state index contributed by atoms with van der Waals surface area (Å²) in [5, 5.41) is 8.64. The summed E-state index contributed by atoms with van der Waals surface area (Å²) in [6, 6.07) is 10.8. The Morgan fingerprint density at radius 3 is 2.74 bits per heavy atom. The number of hydrogen-bond acceptors (Lipinski definition) is 4. The van der Waals surface area contributed by atoms with Crippen LogP contribution < -0.4 is 5.32 Å². The molecule has 0 aliphatic carbocycles. The molecule has 1 aliphatic heterocycles. The third kappa shape index (κ3) is 3.15. The van der Waals surface area contributed by atoms with Crippen molar-refractivity contribution >= 4 is 23.2 Å². The van der Waals surface area contributed by atoms with Crippen LogP contribution in [0.4, 0.5) is 5.69 Å². The highest BCUT2D eigenvalue weighted by Gasteiger charge is 2.33. The molecule has 118 valence electrons. The molecule has 1 atom stereocenters. The average Bonchev–Trinajstić information content (AvgIpc) is 3.16. The molecular formula is C17H17N3O3. The lowest BCUT2D eigenvalue weighted by molar-refractivity contribution is -0.130. The fourth-order valence-corrected chi connectivity index (χ4v) is 2.66. The molecule has 0 fully saturated rings. The monoisotopic (exact) mass is 311 g/mol. The molecule has 0 saturated carbocycles. The van der Waals surface area contributed by atoms with Crippen LogP contribution in [0.2, 0.25) is 0 Å². The zero-order valence-electron chi connectivity index (χ0n) is 12.9. The number of hydrogen-bond donors (Lipinski definition) is 1. The fraction of sp³-hybridized carbons (Fsp3) is 0.235. The molecule has 1 N–H and O–H groups in total. The van der Waals surface area contributed by atoms with Crippen LogP contribution in [-0.2, 0) is 9.59 Å². The van der Waals surface area contributed by atoms with Gasteiger partial charge in [-0.3, -0.25) is 9.59 Å². The van der Waals surface area contributed by atoms with E-state index >= 15 is 0 Å². The lowest BCUT2D eigenvalue weighted by atomic mass is 10.0. The van der Waals surface area contributed by atoms with Crippen molar-refractivity contribution in [2.75, 3.05) is 5.32 Å². The van der Waals surface area contributed by atoms with Gasteiger partial charge in [0.05, 0.1) is 12.0 Å². The van der Waals surface area contributed by atoms with Gasteiger partial charge in [-0.1, -0.05) is 12.1 Å². The van der Waals surface area contributed by atoms with Crippen LogP contribution in [0.15, 0.2) is 52.2 Å². The molecule has 1 aliphatic rings. The molecule has 2 amide bonds. The van der Waals surface area contributed by atoms with Crippen molar-refractivity contribution in [3.8, 4) is 0 Å². The maximum absolute atomic E-state index is 11.9. The number of nitrogens with zero attached hydrogens (tertiary/aromatic N) is 2. The summed E-state index contributed by atoms with van der Waals surface area (Å²) in [5.74, 6) is 0.436. The predicted octanol–water partition coefficient (Wildman–Crippen LogP) is 2.94. The molecule has 6 heteroatoms. The first-order valence-electron chi connectivity index (χ1n) is 7.33. The number of amides is 2. The molecule has 0 radical (unpaired) electrons. The predicted molar refractivity (Wildman–Crippen MR) is 85.9 cm³/mol. The molecule has 0 spiro atoms. The van der Waals surface area contributed by atoms with Gasteiger partial charge >= 0.3 is 0 Å². The maximum atomic E-state index is 11.9. The molecule has 2 aromatic rings. The number of nitrogens with one attached hydrogen (secondary N) is 1. The molecule has 0 bridgehead atoms. The lowest BCUT2D eigenvalue weighted by Gasteiger charge is -2.17. The van der Waals surface area contributed by atoms with E-state index in [9.17, 15) is 9.59 Å². The summed E-state index contributed by atoms with van der Waals surface area (Å²) >= 11 is 0.